The second-order valence-corrected chi connectivity index (χ2v) is 25.2. The van der Waals surface area contributed by atoms with Crippen molar-refractivity contribution < 1.29 is 37.1 Å². The fraction of sp³-hybridized carbons (Fsp3) is 0.250. The van der Waals surface area contributed by atoms with Crippen molar-refractivity contribution in [2.75, 3.05) is 89.4 Å². The summed E-state index contributed by atoms with van der Waals surface area (Å²) in [5.41, 5.74) is 9.88. The van der Waals surface area contributed by atoms with Gasteiger partial charge in [0.25, 0.3) is 5.91 Å². The second-order valence-electron chi connectivity index (χ2n) is 24.0. The zero-order valence-electron chi connectivity index (χ0n) is 52.2. The first-order valence-corrected chi connectivity index (χ1v) is 32.5. The Hall–Kier alpha value is -10.2. The fourth-order valence-corrected chi connectivity index (χ4v) is 13.6. The number of hydrogen-bond acceptors (Lipinski definition) is 14. The van der Waals surface area contributed by atoms with Gasteiger partial charge in [-0.1, -0.05) is 48.6 Å². The molecule has 0 spiro atoms. The van der Waals surface area contributed by atoms with Crippen molar-refractivity contribution in [3.8, 4) is 45.3 Å². The van der Waals surface area contributed by atoms with Crippen LogP contribution in [0, 0.1) is 17.5 Å². The summed E-state index contributed by atoms with van der Waals surface area (Å²) in [6, 6.07) is 40.0. The monoisotopic (exact) mass is 1300 g/mol. The Morgan fingerprint density at radius 2 is 1.03 bits per heavy atom. The lowest BCUT2D eigenvalue weighted by Gasteiger charge is -2.30. The normalized spacial score (nSPS) is 18.3. The number of halogens is 3. The molecule has 0 aliphatic carbocycles. The zero-order valence-corrected chi connectivity index (χ0v) is 53.0. The van der Waals surface area contributed by atoms with Gasteiger partial charge in [0.15, 0.2) is 17.2 Å². The van der Waals surface area contributed by atoms with Crippen LogP contribution in [-0.4, -0.2) is 173 Å². The third-order valence-electron chi connectivity index (χ3n) is 18.2. The first kappa shape index (κ1) is 63.6. The van der Waals surface area contributed by atoms with Crippen molar-refractivity contribution in [2.45, 2.75) is 36.0 Å². The van der Waals surface area contributed by atoms with Crippen LogP contribution in [0.5, 0.6) is 0 Å². The lowest BCUT2D eigenvalue weighted by molar-refractivity contribution is -0.138. The van der Waals surface area contributed by atoms with E-state index >= 15 is 4.39 Å². The van der Waals surface area contributed by atoms with Crippen LogP contribution in [0.3, 0.4) is 0 Å². The van der Waals surface area contributed by atoms with E-state index in [1.54, 1.807) is 84.3 Å². The van der Waals surface area contributed by atoms with Crippen molar-refractivity contribution in [1.29, 1.82) is 0 Å². The van der Waals surface area contributed by atoms with Gasteiger partial charge in [-0.3, -0.25) is 39.2 Å². The number of likely N-dealkylation sites (tertiary alicyclic amines) is 2. The quantitative estimate of drug-likeness (QED) is 0.0707. The molecule has 2 fully saturated rings. The molecule has 14 rings (SSSR count). The van der Waals surface area contributed by atoms with E-state index in [0.29, 0.717) is 111 Å². The number of aromatic amines is 2. The molecule has 0 bridgehead atoms. The molecule has 4 aliphatic rings. The van der Waals surface area contributed by atoms with Crippen LogP contribution in [0.1, 0.15) is 36.8 Å². The van der Waals surface area contributed by atoms with Crippen LogP contribution in [0.2, 0.25) is 0 Å². The van der Waals surface area contributed by atoms with E-state index in [-0.39, 0.29) is 60.7 Å². The summed E-state index contributed by atoms with van der Waals surface area (Å²) >= 11 is 1.53. The maximum Gasteiger partial charge on any atom is 0.258 e. The first-order valence-electron chi connectivity index (χ1n) is 31.3. The smallest absolute Gasteiger partial charge is 0.258 e. The van der Waals surface area contributed by atoms with Crippen LogP contribution in [-0.2, 0) is 23.9 Å². The highest BCUT2D eigenvalue weighted by molar-refractivity contribution is 8.00. The van der Waals surface area contributed by atoms with Crippen molar-refractivity contribution in [3.63, 3.8) is 0 Å². The molecule has 23 heteroatoms. The Balaban J connectivity index is 0.000000172. The summed E-state index contributed by atoms with van der Waals surface area (Å²) in [6.07, 6.45) is 15.1. The van der Waals surface area contributed by atoms with Crippen LogP contribution < -0.4 is 10.6 Å². The third kappa shape index (κ3) is 13.9. The van der Waals surface area contributed by atoms with E-state index in [4.69, 9.17) is 4.74 Å². The Morgan fingerprint density at radius 1 is 0.547 bits per heavy atom. The molecular weight excluding hydrogens is 1230 g/mol. The number of amides is 4. The molecule has 4 N–H and O–H groups in total. The van der Waals surface area contributed by atoms with Crippen LogP contribution >= 0.6 is 11.8 Å². The van der Waals surface area contributed by atoms with Crippen molar-refractivity contribution in [3.05, 3.63) is 205 Å². The average molecular weight is 1300 g/mol. The van der Waals surface area contributed by atoms with E-state index in [1.807, 2.05) is 64.6 Å². The summed E-state index contributed by atoms with van der Waals surface area (Å²) < 4.78 is 47.1. The molecule has 2 atom stereocenters. The second kappa shape index (κ2) is 27.8. The number of carbonyl (C=O) groups is 4. The molecule has 0 radical (unpaired) electrons. The molecule has 482 valence electrons. The number of nitrogens with zero attached hydrogens (tertiary/aromatic N) is 10. The minimum absolute atomic E-state index is 0.0617. The van der Waals surface area contributed by atoms with Crippen LogP contribution in [0.15, 0.2) is 176 Å². The van der Waals surface area contributed by atoms with E-state index in [0.717, 1.165) is 56.1 Å². The summed E-state index contributed by atoms with van der Waals surface area (Å²) in [4.78, 5) is 78.6. The van der Waals surface area contributed by atoms with Gasteiger partial charge >= 0.3 is 0 Å². The largest absolute Gasteiger partial charge is 0.367 e. The molecular formula is C72H67F3N14O5S. The fourth-order valence-electron chi connectivity index (χ4n) is 12.7. The number of anilines is 2. The lowest BCUT2D eigenvalue weighted by Crippen LogP contribution is -2.48. The van der Waals surface area contributed by atoms with Crippen LogP contribution in [0.4, 0.5) is 24.5 Å². The minimum atomic E-state index is -1.13. The predicted molar refractivity (Wildman–Crippen MR) is 362 cm³/mol. The maximum atomic E-state index is 15.1. The number of H-pyrrole nitrogens is 2. The molecule has 2 saturated heterocycles. The first-order chi connectivity index (χ1) is 46.2. The zero-order chi connectivity index (χ0) is 65.6. The molecule has 0 unspecified atom stereocenters. The minimum Gasteiger partial charge on any atom is -0.367 e. The number of ether oxygens (including phenoxy) is 1. The van der Waals surface area contributed by atoms with Crippen molar-refractivity contribution >= 4 is 79.7 Å². The Kier molecular flexibility index (Phi) is 18.6. The number of aromatic nitrogens is 8. The molecule has 4 aromatic heterocycles. The van der Waals surface area contributed by atoms with Gasteiger partial charge in [-0.15, -0.1) is 11.8 Å². The van der Waals surface area contributed by atoms with Gasteiger partial charge in [-0.25, -0.2) is 33.1 Å². The van der Waals surface area contributed by atoms with Gasteiger partial charge in [-0.05, 0) is 152 Å². The number of rotatable bonds is 16. The number of thioether (sulfide) groups is 1. The van der Waals surface area contributed by atoms with Gasteiger partial charge in [-0.2, -0.15) is 10.2 Å². The molecule has 10 aromatic rings. The topological polar surface area (TPSA) is 223 Å². The Labute approximate surface area is 549 Å². The van der Waals surface area contributed by atoms with E-state index in [1.165, 1.54) is 54.8 Å². The molecule has 95 heavy (non-hydrogen) atoms. The lowest BCUT2D eigenvalue weighted by atomic mass is 9.97. The molecule has 6 aromatic carbocycles. The number of methoxy groups -OCH3 is 1. The number of nitrogens with one attached hydrogen (secondary N) is 4. The van der Waals surface area contributed by atoms with Crippen molar-refractivity contribution in [1.82, 2.24) is 59.9 Å². The summed E-state index contributed by atoms with van der Waals surface area (Å²) in [7, 11) is 1.51. The standard InChI is InChI=1S/C36H33F2N7O3.C36H34FN7O2S/c1-48-36(35(47)41-27-8-10-31-29(20-27)33(43-42-31)24-3-6-26(37)7-4-24)13-18-44(22-36)21-32(46)45-16-11-23(12-17-45)28-9-5-25(19-30(28)38)34-39-14-2-15-40-34;1-47-36(35(46)40-29-11-12-31-30(21-29)33(42-41-31)26-7-9-28(37)10-8-26)15-20-43(23-36)22-32(45)44-18-13-25(14-19-44)24-3-5-27(6-4-24)34-38-16-2-17-39-34/h2-11,14-15,19-20H,12-13,16-18,21-22H2,1H3,(H,41,47)(H,42,43);2-13,16-17,21H,14-15,18-20,22-23H2,1H3,(H,40,46)(H,41,42)/t2*36-/m00/s1. The number of carbonyl (C=O) groups excluding carboxylic acids is 4. The summed E-state index contributed by atoms with van der Waals surface area (Å²) in [6.45, 7) is 4.42. The van der Waals surface area contributed by atoms with Gasteiger partial charge in [0.2, 0.25) is 17.7 Å². The SMILES string of the molecule is CO[C@@]1(C(=O)Nc2ccc3[nH]nc(-c4ccc(F)cc4)c3c2)CCN(CC(=O)N2CC=C(c3ccc(-c4ncccn4)cc3F)CC2)C1.CS[C@@]1(C(=O)Nc2ccc3[nH]nc(-c4ccc(F)cc4)c3c2)CCN(CC(=O)N2CC=C(c3ccc(-c4ncccn4)cc3)CC2)C1. The van der Waals surface area contributed by atoms with Gasteiger partial charge in [0.05, 0.1) is 35.5 Å². The summed E-state index contributed by atoms with van der Waals surface area (Å²) in [5.74, 6) is -0.203. The van der Waals surface area contributed by atoms with E-state index in [2.05, 4.69) is 74.1 Å². The van der Waals surface area contributed by atoms with Gasteiger partial charge in [0.1, 0.15) is 22.2 Å². The van der Waals surface area contributed by atoms with Gasteiger partial charge in [0, 0.05) is 134 Å². The number of hydrogen-bond donors (Lipinski definition) is 4. The highest BCUT2D eigenvalue weighted by Crippen LogP contribution is 2.38. The Morgan fingerprint density at radius 3 is 1.55 bits per heavy atom. The van der Waals surface area contributed by atoms with E-state index < -0.39 is 10.3 Å². The molecule has 0 saturated carbocycles. The maximum absolute atomic E-state index is 15.1. The van der Waals surface area contributed by atoms with Gasteiger partial charge < -0.3 is 25.2 Å². The van der Waals surface area contributed by atoms with Crippen molar-refractivity contribution in [2.24, 2.45) is 0 Å². The molecule has 8 heterocycles. The molecule has 4 amide bonds. The molecule has 19 nitrogen and oxygen atoms in total. The highest BCUT2D eigenvalue weighted by atomic mass is 32.2. The highest BCUT2D eigenvalue weighted by Gasteiger charge is 2.47. The van der Waals surface area contributed by atoms with Crippen LogP contribution in [0.25, 0.3) is 78.2 Å². The van der Waals surface area contributed by atoms with E-state index in [9.17, 15) is 28.0 Å². The third-order valence-corrected chi connectivity index (χ3v) is 19.5. The number of fused-ring (bicyclic) bond motifs is 2. The number of benzene rings is 6. The predicted octanol–water partition coefficient (Wildman–Crippen LogP) is 11.2. The molecule has 4 aliphatic heterocycles. The Bertz CT molecular complexity index is 4540. The summed E-state index contributed by atoms with van der Waals surface area (Å²) in [5, 5.41) is 22.5. The average Bonchev–Trinajstić information content (AvgIpc) is 1.70.